The van der Waals surface area contributed by atoms with Crippen LogP contribution in [0.3, 0.4) is 0 Å². The number of carbonyl (C=O) groups is 20. The average molecular weight is 1960 g/mol. The zero-order valence-electron chi connectivity index (χ0n) is 79.3. The summed E-state index contributed by atoms with van der Waals surface area (Å²) in [5.74, 6) is -19.2. The minimum Gasteiger partial charge on any atom is -0.480 e. The van der Waals surface area contributed by atoms with Gasteiger partial charge in [-0.05, 0) is 20.3 Å². The van der Waals surface area contributed by atoms with Crippen LogP contribution < -0.4 is 21.3 Å². The number of rotatable bonds is 49. The summed E-state index contributed by atoms with van der Waals surface area (Å²) in [5.41, 5.74) is -1.75. The number of carboxylic acid groups (broad SMARTS) is 11. The van der Waals surface area contributed by atoms with Crippen LogP contribution in [-0.2, 0) is 95.9 Å². The van der Waals surface area contributed by atoms with E-state index in [0.717, 1.165) is 14.7 Å². The molecule has 4 rings (SSSR count). The van der Waals surface area contributed by atoms with Gasteiger partial charge in [-0.3, -0.25) is 174 Å². The Morgan fingerprint density at radius 3 is 0.599 bits per heavy atom. The highest BCUT2D eigenvalue weighted by molar-refractivity contribution is 5.90. The van der Waals surface area contributed by atoms with Gasteiger partial charge in [0.1, 0.15) is 5.78 Å². The van der Waals surface area contributed by atoms with E-state index in [-0.39, 0.29) is 222 Å². The van der Waals surface area contributed by atoms with E-state index in [1.807, 2.05) is 0 Å². The van der Waals surface area contributed by atoms with Gasteiger partial charge in [0.25, 0.3) is 0 Å². The van der Waals surface area contributed by atoms with Gasteiger partial charge in [-0.25, -0.2) is 0 Å². The smallest absolute Gasteiger partial charge is 0.317 e. The first-order chi connectivity index (χ1) is 64.6. The average Bonchev–Trinajstić information content (AvgIpc) is 0.850. The Bertz CT molecular complexity index is 3590. The van der Waals surface area contributed by atoms with Crippen LogP contribution in [-0.4, -0.2) is 648 Å². The number of carbonyl (C=O) groups excluding carboxylic acids is 9. The van der Waals surface area contributed by atoms with Gasteiger partial charge in [-0.1, -0.05) is 0 Å². The molecule has 0 spiro atoms. The number of likely N-dealkylation sites (N-methyl/N-ethyl adjacent to an activating group) is 3. The van der Waals surface area contributed by atoms with E-state index in [2.05, 4.69) is 21.3 Å². The summed E-state index contributed by atoms with van der Waals surface area (Å²) in [5, 5.41) is 119. The van der Waals surface area contributed by atoms with Crippen molar-refractivity contribution in [1.29, 1.82) is 0 Å². The largest absolute Gasteiger partial charge is 0.480 e. The molecule has 4 saturated heterocycles. The molecular weight excluding hydrogens is 1820 g/mol. The molecule has 54 nitrogen and oxygen atoms in total. The first-order valence-corrected chi connectivity index (χ1v) is 45.4. The number of aliphatic carboxylic acids is 11. The van der Waals surface area contributed by atoms with Crippen LogP contribution in [0.15, 0.2) is 0 Å². The van der Waals surface area contributed by atoms with Gasteiger partial charge in [0.2, 0.25) is 41.4 Å². The van der Waals surface area contributed by atoms with Crippen molar-refractivity contribution in [2.75, 3.05) is 375 Å². The summed E-state index contributed by atoms with van der Waals surface area (Å²) < 4.78 is 0. The highest BCUT2D eigenvalue weighted by Crippen LogP contribution is 2.24. The normalized spacial score (nSPS) is 18.6. The first kappa shape index (κ1) is 118. The molecule has 4 heterocycles. The molecule has 4 aliphatic rings. The number of ketones is 2. The third-order valence-corrected chi connectivity index (χ3v) is 23.9. The number of carboxylic acids is 11. The van der Waals surface area contributed by atoms with E-state index < -0.39 is 275 Å². The van der Waals surface area contributed by atoms with Crippen LogP contribution >= 0.6 is 0 Å². The van der Waals surface area contributed by atoms with Crippen molar-refractivity contribution in [3.8, 4) is 0 Å². The summed E-state index contributed by atoms with van der Waals surface area (Å²) in [6, 6.07) is -1.10. The van der Waals surface area contributed by atoms with Gasteiger partial charge in [-0.2, -0.15) is 0 Å². The van der Waals surface area contributed by atoms with Crippen LogP contribution in [0.1, 0.15) is 26.7 Å². The highest BCUT2D eigenvalue weighted by Gasteiger charge is 2.37. The lowest BCUT2D eigenvalue weighted by atomic mass is 9.81. The van der Waals surface area contributed by atoms with E-state index in [4.69, 9.17) is 0 Å². The Hall–Kier alpha value is -10.8. The van der Waals surface area contributed by atoms with Gasteiger partial charge in [-0.15, -0.1) is 0 Å². The zero-order valence-corrected chi connectivity index (χ0v) is 79.3. The third-order valence-electron chi connectivity index (χ3n) is 23.9. The van der Waals surface area contributed by atoms with Crippen molar-refractivity contribution in [2.24, 2.45) is 5.41 Å². The quantitative estimate of drug-likeness (QED) is 0.0269. The number of Topliss-reactive ketones (excluding diaryl/α,β-unsaturated/α-hetero) is 2. The second kappa shape index (κ2) is 62.9. The SMILES string of the molecule is CC(=O)CN1CCN(CC(=O)O)CCN(CC(=O)N(C)CC(=O)NCC(CCC(=O)CNC(=O)C(C)N2CCN(CC(=O)O)CCN(CC(=O)O)CCN(CC(=O)O)CC2)(CNC(=O)CN(C)C(=O)CN2CCN(CC(=O)O)CCN(CC(=O)O)CCN(CC(=O)O)CC2)CNC(=O)CN(C)C(=O)CN2CCN(CC(=O)O)CCN(CC(=O)O)CCN(CC(=O)O)CC2)CCN(CC(=O)O)CC1. The van der Waals surface area contributed by atoms with E-state index in [1.165, 1.54) is 54.6 Å². The predicted molar refractivity (Wildman–Crippen MR) is 484 cm³/mol. The van der Waals surface area contributed by atoms with Crippen molar-refractivity contribution < 1.29 is 152 Å². The Morgan fingerprint density at radius 2 is 0.423 bits per heavy atom. The van der Waals surface area contributed by atoms with Crippen molar-refractivity contribution in [3.05, 3.63) is 0 Å². The van der Waals surface area contributed by atoms with Crippen LogP contribution in [0.4, 0.5) is 0 Å². The van der Waals surface area contributed by atoms with E-state index >= 15 is 0 Å². The molecule has 0 aliphatic carbocycles. The maximum atomic E-state index is 14.7. The molecule has 0 aromatic carbocycles. The molecule has 1 unspecified atom stereocenters. The van der Waals surface area contributed by atoms with Gasteiger partial charge < -0.3 is 92.1 Å². The molecule has 0 aromatic heterocycles. The van der Waals surface area contributed by atoms with Crippen molar-refractivity contribution >= 4 is 119 Å². The lowest BCUT2D eigenvalue weighted by Gasteiger charge is -2.36. The molecule has 1 atom stereocenters. The van der Waals surface area contributed by atoms with E-state index in [1.54, 1.807) is 58.8 Å². The van der Waals surface area contributed by atoms with Crippen molar-refractivity contribution in [3.63, 3.8) is 0 Å². The zero-order chi connectivity index (χ0) is 102. The molecule has 54 heteroatoms. The van der Waals surface area contributed by atoms with Crippen molar-refractivity contribution in [2.45, 2.75) is 32.7 Å². The lowest BCUT2D eigenvalue weighted by Crippen LogP contribution is -2.55. The van der Waals surface area contributed by atoms with Crippen LogP contribution in [0.25, 0.3) is 0 Å². The molecular formula is C83H143N23O31. The summed E-state index contributed by atoms with van der Waals surface area (Å²) in [4.78, 5) is 290. The number of hydrogen-bond acceptors (Lipinski definition) is 36. The summed E-state index contributed by atoms with van der Waals surface area (Å²) in [6.45, 7) is -5.58. The number of nitrogens with zero attached hydrogens (tertiary/aromatic N) is 19. The van der Waals surface area contributed by atoms with E-state index in [9.17, 15) is 152 Å². The predicted octanol–water partition coefficient (Wildman–Crippen LogP) is -12.0. The maximum absolute atomic E-state index is 14.7. The van der Waals surface area contributed by atoms with Gasteiger partial charge in [0, 0.05) is 262 Å². The number of amides is 7. The van der Waals surface area contributed by atoms with Crippen LogP contribution in [0, 0.1) is 5.41 Å². The van der Waals surface area contributed by atoms with Gasteiger partial charge >= 0.3 is 65.7 Å². The molecule has 4 aliphatic heterocycles. The minimum absolute atomic E-state index is 0.00937. The summed E-state index contributed by atoms with van der Waals surface area (Å²) in [6.07, 6.45) is -0.932. The van der Waals surface area contributed by atoms with Crippen LogP contribution in [0.2, 0.25) is 0 Å². The second-order valence-electron chi connectivity index (χ2n) is 35.2. The minimum atomic E-state index is -1.75. The molecule has 4 fully saturated rings. The van der Waals surface area contributed by atoms with E-state index in [0.29, 0.717) is 0 Å². The molecule has 137 heavy (non-hydrogen) atoms. The molecule has 0 radical (unpaired) electrons. The molecule has 776 valence electrons. The van der Waals surface area contributed by atoms with Gasteiger partial charge in [0.05, 0.1) is 130 Å². The molecule has 0 bridgehead atoms. The Labute approximate surface area is 794 Å². The maximum Gasteiger partial charge on any atom is 0.317 e. The fraction of sp³-hybridized carbons (Fsp3) is 0.759. The number of hydrogen-bond donors (Lipinski definition) is 15. The molecule has 7 amide bonds. The van der Waals surface area contributed by atoms with Crippen LogP contribution in [0.5, 0.6) is 0 Å². The first-order valence-electron chi connectivity index (χ1n) is 45.4. The fourth-order valence-electron chi connectivity index (χ4n) is 15.8. The highest BCUT2D eigenvalue weighted by atomic mass is 16.4. The second-order valence-corrected chi connectivity index (χ2v) is 35.2. The summed E-state index contributed by atoms with van der Waals surface area (Å²) >= 11 is 0. The Balaban J connectivity index is 1.81. The van der Waals surface area contributed by atoms with Gasteiger partial charge in [0.15, 0.2) is 5.78 Å². The topological polar surface area (TPSA) is 674 Å². The standard InChI is InChI=1S/C83H143N23O31/c1-62(107)41-91-8-16-95(48-71(115)116)18-10-92(11-19-96(17-9-91)49-72(117)118)45-68(112)88(3)42-65(109)85-59-83(7-6-64(108)40-84-82(137)63(2)106-38-36-104(57-80(133)134)34-32-103(56-79(131)132)33-35-105(37-39-106)58-81(135)136,60-86-66(110)43-89(4)69(113)46-93-12-20-97(50-73(119)120)24-28-101(54-77(127)128)29-25-98(21-13-93)51-74(121)122)61-87-67(111)44-90(5)70(114)47-94-14-22-99(52-75(123)124)26-30-102(55-78(129)130)31-27-100(23-15-94)53-76(125)126/h63H,6-61H2,1-5H3,(H,84,137)(H,85,109)(H,86,110)(H,87,111)(H,115,116)(H,117,118)(H,119,120)(H,121,122)(H,123,124)(H,125,126)(H,127,128)(H,129,130)(H,131,132)(H,133,134)(H,135,136). The monoisotopic (exact) mass is 1960 g/mol. The number of nitrogens with one attached hydrogen (secondary N) is 4. The molecule has 0 aromatic rings. The summed E-state index contributed by atoms with van der Waals surface area (Å²) in [7, 11) is 3.87. The molecule has 15 N–H and O–H groups in total. The van der Waals surface area contributed by atoms with Crippen molar-refractivity contribution in [1.82, 2.24) is 114 Å². The lowest BCUT2D eigenvalue weighted by molar-refractivity contribution is -0.141. The molecule has 0 saturated carbocycles. The third kappa shape index (κ3) is 52.5. The Kier molecular flexibility index (Phi) is 54.4. The fourth-order valence-corrected chi connectivity index (χ4v) is 15.8. The Morgan fingerprint density at radius 1 is 0.255 bits per heavy atom.